The van der Waals surface area contributed by atoms with Gasteiger partial charge in [0.15, 0.2) is 29.4 Å². The summed E-state index contributed by atoms with van der Waals surface area (Å²) >= 11 is 0. The molecule has 3 rings (SSSR count). The number of aliphatic carboxylic acids is 1. The number of fused-ring (bicyclic) bond motifs is 5. The average Bonchev–Trinajstić information content (AvgIpc) is 3.13. The van der Waals surface area contributed by atoms with Crippen LogP contribution in [0, 0.1) is 23.3 Å². The molecule has 2 aliphatic rings. The van der Waals surface area contributed by atoms with Crippen LogP contribution < -0.4 is 0 Å². The van der Waals surface area contributed by atoms with Gasteiger partial charge in [-0.2, -0.15) is 0 Å². The SMILES string of the molecule is CO[C@H]1C(OC(=O)COCC(=O)O)C2O[C@H]1c1c(F)c(F)c(F)c(F)c12. The fourth-order valence-corrected chi connectivity index (χ4v) is 3.14. The standard InChI is InChI=1S/C15H12F4O7/c1-23-14-12-6-7(9(17)11(19)10(18)8(6)16)13(26-12)15(14)25-5(22)3-24-2-4(20)21/h12-15H,2-3H2,1H3,(H,20,21)/t12-,13?,14+,15?/m0/s1. The third-order valence-electron chi connectivity index (χ3n) is 4.11. The van der Waals surface area contributed by atoms with Crippen molar-refractivity contribution < 1.29 is 51.2 Å². The Kier molecular flexibility index (Phi) is 4.86. The lowest BCUT2D eigenvalue weighted by molar-refractivity contribution is -0.164. The highest BCUT2D eigenvalue weighted by Gasteiger charge is 2.58. The highest BCUT2D eigenvalue weighted by molar-refractivity contribution is 5.72. The van der Waals surface area contributed by atoms with Crippen LogP contribution in [-0.4, -0.2) is 49.6 Å². The second kappa shape index (κ2) is 6.82. The van der Waals surface area contributed by atoms with E-state index in [1.165, 1.54) is 7.11 Å². The second-order valence-electron chi connectivity index (χ2n) is 5.60. The lowest BCUT2D eigenvalue weighted by Crippen LogP contribution is -2.39. The molecule has 2 unspecified atom stereocenters. The molecule has 0 aliphatic carbocycles. The zero-order valence-electron chi connectivity index (χ0n) is 13.1. The first-order valence-electron chi connectivity index (χ1n) is 7.30. The van der Waals surface area contributed by atoms with Crippen LogP contribution in [0.4, 0.5) is 17.6 Å². The molecule has 2 bridgehead atoms. The van der Waals surface area contributed by atoms with Gasteiger partial charge in [-0.05, 0) is 0 Å². The molecule has 1 aromatic carbocycles. The van der Waals surface area contributed by atoms with Crippen molar-refractivity contribution >= 4 is 11.9 Å². The molecule has 1 aromatic rings. The highest BCUT2D eigenvalue weighted by atomic mass is 19.2. The molecule has 0 aromatic heterocycles. The van der Waals surface area contributed by atoms with Gasteiger partial charge in [0.1, 0.15) is 31.5 Å². The molecule has 0 saturated carbocycles. The summed E-state index contributed by atoms with van der Waals surface area (Å²) in [7, 11) is 1.18. The largest absolute Gasteiger partial charge is 0.480 e. The number of carbonyl (C=O) groups is 2. The van der Waals surface area contributed by atoms with Crippen LogP contribution >= 0.6 is 0 Å². The minimum absolute atomic E-state index is 0.521. The first kappa shape index (κ1) is 18.5. The van der Waals surface area contributed by atoms with E-state index in [4.69, 9.17) is 19.3 Å². The van der Waals surface area contributed by atoms with E-state index in [1.807, 2.05) is 0 Å². The van der Waals surface area contributed by atoms with Crippen LogP contribution in [-0.2, 0) is 28.5 Å². The van der Waals surface area contributed by atoms with E-state index in [9.17, 15) is 27.2 Å². The fourth-order valence-electron chi connectivity index (χ4n) is 3.14. The van der Waals surface area contributed by atoms with Crippen LogP contribution in [0.5, 0.6) is 0 Å². The maximum absolute atomic E-state index is 14.1. The molecule has 0 radical (unpaired) electrons. The van der Waals surface area contributed by atoms with Crippen LogP contribution in [0.25, 0.3) is 0 Å². The van der Waals surface area contributed by atoms with E-state index in [0.29, 0.717) is 0 Å². The van der Waals surface area contributed by atoms with Crippen molar-refractivity contribution in [1.82, 2.24) is 0 Å². The Hall–Kier alpha value is -2.24. The normalized spacial score (nSPS) is 26.0. The molecule has 11 heteroatoms. The average molecular weight is 380 g/mol. The molecule has 0 amide bonds. The number of rotatable bonds is 6. The van der Waals surface area contributed by atoms with Crippen LogP contribution in [0.3, 0.4) is 0 Å². The van der Waals surface area contributed by atoms with E-state index in [1.54, 1.807) is 0 Å². The zero-order valence-corrected chi connectivity index (χ0v) is 13.1. The number of benzene rings is 1. The monoisotopic (exact) mass is 380 g/mol. The molecular formula is C15H12F4O7. The lowest BCUT2D eigenvalue weighted by atomic mass is 9.86. The number of hydrogen-bond acceptors (Lipinski definition) is 6. The third-order valence-corrected chi connectivity index (χ3v) is 4.11. The predicted octanol–water partition coefficient (Wildman–Crippen LogP) is 1.40. The molecular weight excluding hydrogens is 368 g/mol. The fraction of sp³-hybridized carbons (Fsp3) is 0.467. The van der Waals surface area contributed by atoms with Crippen molar-refractivity contribution in [2.75, 3.05) is 20.3 Å². The lowest BCUT2D eigenvalue weighted by Gasteiger charge is -2.28. The van der Waals surface area contributed by atoms with Crippen molar-refractivity contribution in [2.45, 2.75) is 24.4 Å². The van der Waals surface area contributed by atoms with Gasteiger partial charge in [-0.25, -0.2) is 27.2 Å². The minimum Gasteiger partial charge on any atom is -0.480 e. The zero-order chi connectivity index (χ0) is 19.2. The maximum Gasteiger partial charge on any atom is 0.332 e. The van der Waals surface area contributed by atoms with Gasteiger partial charge in [0.2, 0.25) is 0 Å². The number of ether oxygens (including phenoxy) is 4. The molecule has 1 N–H and O–H groups in total. The minimum atomic E-state index is -2.00. The second-order valence-corrected chi connectivity index (χ2v) is 5.60. The van der Waals surface area contributed by atoms with Gasteiger partial charge < -0.3 is 24.1 Å². The summed E-state index contributed by atoms with van der Waals surface area (Å²) in [5, 5.41) is 8.43. The molecule has 4 atom stereocenters. The van der Waals surface area contributed by atoms with Crippen molar-refractivity contribution in [3.05, 3.63) is 34.4 Å². The summed E-state index contributed by atoms with van der Waals surface area (Å²) in [6.45, 7) is -1.47. The predicted molar refractivity (Wildman–Crippen MR) is 72.0 cm³/mol. The number of halogens is 4. The van der Waals surface area contributed by atoms with Crippen molar-refractivity contribution in [2.24, 2.45) is 0 Å². The third kappa shape index (κ3) is 2.81. The van der Waals surface area contributed by atoms with E-state index in [0.717, 1.165) is 0 Å². The molecule has 7 nitrogen and oxygen atoms in total. The Morgan fingerprint density at radius 3 is 2.00 bits per heavy atom. The molecule has 1 saturated heterocycles. The van der Waals surface area contributed by atoms with Crippen molar-refractivity contribution in [1.29, 1.82) is 0 Å². The van der Waals surface area contributed by atoms with Crippen molar-refractivity contribution in [3.63, 3.8) is 0 Å². The summed E-state index contributed by atoms with van der Waals surface area (Å²) in [6.07, 6.45) is -5.10. The van der Waals surface area contributed by atoms with Gasteiger partial charge in [-0.3, -0.25) is 0 Å². The number of hydrogen-bond donors (Lipinski definition) is 1. The quantitative estimate of drug-likeness (QED) is 0.345. The number of carbonyl (C=O) groups excluding carboxylic acids is 1. The first-order valence-corrected chi connectivity index (χ1v) is 7.30. The Balaban J connectivity index is 1.85. The summed E-state index contributed by atoms with van der Waals surface area (Å²) < 4.78 is 75.2. The highest BCUT2D eigenvalue weighted by Crippen LogP contribution is 2.55. The summed E-state index contributed by atoms with van der Waals surface area (Å²) in [5.41, 5.74) is -1.10. The van der Waals surface area contributed by atoms with Gasteiger partial charge in [0.25, 0.3) is 0 Å². The van der Waals surface area contributed by atoms with E-state index >= 15 is 0 Å². The number of carboxylic acids is 1. The molecule has 142 valence electrons. The van der Waals surface area contributed by atoms with Gasteiger partial charge in [-0.1, -0.05) is 0 Å². The first-order chi connectivity index (χ1) is 12.3. The van der Waals surface area contributed by atoms with Crippen LogP contribution in [0.15, 0.2) is 0 Å². The molecule has 26 heavy (non-hydrogen) atoms. The number of esters is 1. The Labute approximate surface area is 143 Å². The maximum atomic E-state index is 14.1. The number of carboxylic acid groups (broad SMARTS) is 1. The van der Waals surface area contributed by atoms with E-state index in [-0.39, 0.29) is 0 Å². The number of methoxy groups -OCH3 is 1. The summed E-state index contributed by atoms with van der Waals surface area (Å²) in [4.78, 5) is 22.1. The van der Waals surface area contributed by atoms with Gasteiger partial charge in [-0.15, -0.1) is 0 Å². The van der Waals surface area contributed by atoms with Crippen LogP contribution in [0.2, 0.25) is 0 Å². The van der Waals surface area contributed by atoms with Gasteiger partial charge >= 0.3 is 11.9 Å². The molecule has 1 fully saturated rings. The topological polar surface area (TPSA) is 91.3 Å². The van der Waals surface area contributed by atoms with Gasteiger partial charge in [0, 0.05) is 18.2 Å². The Bertz CT molecular complexity index is 769. The molecule has 0 spiro atoms. The molecule has 2 aliphatic heterocycles. The summed E-state index contributed by atoms with van der Waals surface area (Å²) in [5.74, 6) is -9.52. The van der Waals surface area contributed by atoms with E-state index in [2.05, 4.69) is 4.74 Å². The van der Waals surface area contributed by atoms with Gasteiger partial charge in [0.05, 0.1) is 0 Å². The van der Waals surface area contributed by atoms with Crippen LogP contribution in [0.1, 0.15) is 23.3 Å². The van der Waals surface area contributed by atoms with Crippen molar-refractivity contribution in [3.8, 4) is 0 Å². The molecule has 2 heterocycles. The Morgan fingerprint density at radius 2 is 1.50 bits per heavy atom. The summed E-state index contributed by atoms with van der Waals surface area (Å²) in [6, 6.07) is 0. The smallest absolute Gasteiger partial charge is 0.332 e. The Morgan fingerprint density at radius 1 is 0.962 bits per heavy atom. The van der Waals surface area contributed by atoms with E-state index < -0.39 is 84.0 Å².